The van der Waals surface area contributed by atoms with Gasteiger partial charge >= 0.3 is 49.5 Å². The second-order valence-corrected chi connectivity index (χ2v) is 3.08. The third-order valence-electron chi connectivity index (χ3n) is 0.516. The summed E-state index contributed by atoms with van der Waals surface area (Å²) in [4.78, 5) is 0. The van der Waals surface area contributed by atoms with Crippen LogP contribution >= 0.6 is 0 Å². The van der Waals surface area contributed by atoms with E-state index in [1.807, 2.05) is 0 Å². The summed E-state index contributed by atoms with van der Waals surface area (Å²) in [5.74, 6) is 0. The molecule has 76 valence electrons. The molecule has 0 bridgehead atoms. The summed E-state index contributed by atoms with van der Waals surface area (Å²) in [5.41, 5.74) is -6.01. The first-order valence-corrected chi connectivity index (χ1v) is 3.52. The average Bonchev–Trinajstić information content (AvgIpc) is 1.52. The van der Waals surface area contributed by atoms with Crippen LogP contribution in [0, 0.1) is 0 Å². The van der Waals surface area contributed by atoms with Gasteiger partial charge < -0.3 is 6.15 Å². The fourth-order valence-electron chi connectivity index (χ4n) is 0.188. The Hall–Kier alpha value is 0.685. The summed E-state index contributed by atoms with van der Waals surface area (Å²) < 4.78 is 86.6. The second-order valence-electron chi connectivity index (χ2n) is 1.48. The van der Waals surface area contributed by atoms with E-state index in [4.69, 9.17) is 0 Å². The van der Waals surface area contributed by atoms with E-state index in [1.54, 1.807) is 0 Å². The Labute approximate surface area is 100 Å². The first-order valence-electron chi connectivity index (χ1n) is 2.08. The first kappa shape index (κ1) is 20.1. The summed E-state index contributed by atoms with van der Waals surface area (Å²) in [6, 6.07) is 0. The quantitative estimate of drug-likeness (QED) is 0.261. The average molecular weight is 231 g/mol. The zero-order valence-corrected chi connectivity index (χ0v) is 7.76. The number of rotatable bonds is 1. The summed E-state index contributed by atoms with van der Waals surface area (Å²) in [7, 11) is -6.46. The monoisotopic (exact) mass is 231 g/mol. The summed E-state index contributed by atoms with van der Waals surface area (Å²) >= 11 is 0. The summed E-state index contributed by atoms with van der Waals surface area (Å²) in [6.07, 6.45) is -5.74. The molecule has 0 amide bonds. The molecular formula is C2HF6Li2NO2S. The predicted octanol–water partition coefficient (Wildman–Crippen LogP) is -4.15. The van der Waals surface area contributed by atoms with E-state index in [-0.39, 0.29) is 39.1 Å². The van der Waals surface area contributed by atoms with Gasteiger partial charge in [-0.3, -0.25) is 0 Å². The Morgan fingerprint density at radius 2 is 1.21 bits per heavy atom. The summed E-state index contributed by atoms with van der Waals surface area (Å²) in [6.45, 7) is 0. The molecule has 0 aromatic heterocycles. The molecule has 0 aliphatic rings. The molecule has 0 fully saturated rings. The van der Waals surface area contributed by atoms with Gasteiger partial charge in [-0.25, -0.2) is 8.42 Å². The number of alkyl halides is 6. The molecule has 0 saturated heterocycles. The zero-order valence-electron chi connectivity index (χ0n) is 7.94. The van der Waals surface area contributed by atoms with Gasteiger partial charge in [-0.05, 0) is 0 Å². The Morgan fingerprint density at radius 1 is 0.929 bits per heavy atom. The van der Waals surface area contributed by atoms with Crippen LogP contribution in [0.2, 0.25) is 0 Å². The van der Waals surface area contributed by atoms with Crippen molar-refractivity contribution in [3.63, 3.8) is 0 Å². The van der Waals surface area contributed by atoms with Crippen molar-refractivity contribution in [1.82, 2.24) is 0 Å². The van der Waals surface area contributed by atoms with Crippen molar-refractivity contribution < 1.29 is 73.9 Å². The van der Waals surface area contributed by atoms with Gasteiger partial charge in [-0.1, -0.05) is 0 Å². The third kappa shape index (κ3) is 7.04. The van der Waals surface area contributed by atoms with Gasteiger partial charge in [0.15, 0.2) is 10.0 Å². The molecule has 0 saturated carbocycles. The van der Waals surface area contributed by atoms with Gasteiger partial charge in [0, 0.05) is 0 Å². The SMILES string of the molecule is O=S(=O)([N-]C(F)(F)F)C(F)(F)F.[H-].[Li+].[Li+]. The normalized spacial score (nSPS) is 12.7. The molecule has 0 aromatic carbocycles. The van der Waals surface area contributed by atoms with Crippen LogP contribution in [0.15, 0.2) is 0 Å². The van der Waals surface area contributed by atoms with Crippen molar-refractivity contribution in [2.75, 3.05) is 0 Å². The van der Waals surface area contributed by atoms with Crippen molar-refractivity contribution in [3.8, 4) is 0 Å². The molecule has 0 aliphatic heterocycles. The molecule has 0 aromatic rings. The van der Waals surface area contributed by atoms with Crippen LogP contribution in [0.4, 0.5) is 26.3 Å². The molecule has 0 heterocycles. The van der Waals surface area contributed by atoms with E-state index in [0.29, 0.717) is 4.72 Å². The fraction of sp³-hybridized carbons (Fsp3) is 1.00. The van der Waals surface area contributed by atoms with Gasteiger partial charge in [0.2, 0.25) is 0 Å². The molecule has 3 nitrogen and oxygen atoms in total. The largest absolute Gasteiger partial charge is 1.00 e. The molecular weight excluding hydrogens is 230 g/mol. The van der Waals surface area contributed by atoms with Gasteiger partial charge in [0.05, 0.1) is 0 Å². The van der Waals surface area contributed by atoms with Gasteiger partial charge in [0.25, 0.3) is 0 Å². The molecule has 14 heavy (non-hydrogen) atoms. The van der Waals surface area contributed by atoms with E-state index in [9.17, 15) is 34.8 Å². The molecule has 0 N–H and O–H groups in total. The number of nitrogens with zero attached hydrogens (tertiary/aromatic N) is 1. The van der Waals surface area contributed by atoms with Gasteiger partial charge in [0.1, 0.15) is 0 Å². The van der Waals surface area contributed by atoms with E-state index in [0.717, 1.165) is 0 Å². The van der Waals surface area contributed by atoms with Crippen LogP contribution in [0.1, 0.15) is 1.43 Å². The van der Waals surface area contributed by atoms with E-state index < -0.39 is 21.8 Å². The van der Waals surface area contributed by atoms with Crippen LogP contribution in [0.5, 0.6) is 0 Å². The minimum absolute atomic E-state index is 0. The number of sulfonamides is 1. The number of hydrogen-bond donors (Lipinski definition) is 0. The van der Waals surface area contributed by atoms with Crippen LogP contribution in [-0.2, 0) is 10.0 Å². The smallest absolute Gasteiger partial charge is 1.00 e. The second kappa shape index (κ2) is 5.68. The van der Waals surface area contributed by atoms with Gasteiger partial charge in [-0.15, -0.1) is 0 Å². The van der Waals surface area contributed by atoms with Crippen molar-refractivity contribution >= 4 is 10.0 Å². The molecule has 0 atom stereocenters. The maximum Gasteiger partial charge on any atom is 1.00 e. The van der Waals surface area contributed by atoms with Crippen LogP contribution in [-0.4, -0.2) is 20.2 Å². The van der Waals surface area contributed by atoms with E-state index in [1.165, 1.54) is 0 Å². The Bertz CT molecular complexity index is 261. The standard InChI is InChI=1S/C2F6NO2S.2Li.H/c3-1(4,5)9-12(10,11)2(6,7)8;;;/q-1;2*+1;-1. The summed E-state index contributed by atoms with van der Waals surface area (Å²) in [5, 5.41) is 0. The number of halogens is 6. The third-order valence-corrected chi connectivity index (χ3v) is 1.55. The Balaban J connectivity index is -0.000000202. The fourth-order valence-corrected chi connectivity index (χ4v) is 0.564. The molecule has 12 heteroatoms. The molecule has 0 aliphatic carbocycles. The Kier molecular flexibility index (Phi) is 8.18. The topological polar surface area (TPSA) is 48.2 Å². The number of hydrogen-bond acceptors (Lipinski definition) is 2. The molecule has 0 spiro atoms. The van der Waals surface area contributed by atoms with E-state index >= 15 is 0 Å². The maximum absolute atomic E-state index is 11.2. The first-order chi connectivity index (χ1) is 4.96. The minimum atomic E-state index is -6.46. The maximum atomic E-state index is 11.2. The van der Waals surface area contributed by atoms with Crippen molar-refractivity contribution in [3.05, 3.63) is 4.72 Å². The molecule has 0 unspecified atom stereocenters. The van der Waals surface area contributed by atoms with Crippen LogP contribution in [0.3, 0.4) is 0 Å². The molecule has 0 rings (SSSR count). The zero-order chi connectivity index (χ0) is 10.2. The van der Waals surface area contributed by atoms with Gasteiger partial charge in [-0.2, -0.15) is 26.3 Å². The Morgan fingerprint density at radius 3 is 1.29 bits per heavy atom. The van der Waals surface area contributed by atoms with Crippen molar-refractivity contribution in [2.24, 2.45) is 0 Å². The van der Waals surface area contributed by atoms with E-state index in [2.05, 4.69) is 0 Å². The molecule has 0 radical (unpaired) electrons. The van der Waals surface area contributed by atoms with Crippen LogP contribution in [0.25, 0.3) is 4.72 Å². The van der Waals surface area contributed by atoms with Crippen LogP contribution < -0.4 is 37.7 Å². The van der Waals surface area contributed by atoms with Crippen molar-refractivity contribution in [1.29, 1.82) is 0 Å². The van der Waals surface area contributed by atoms with Crippen molar-refractivity contribution in [2.45, 2.75) is 11.8 Å². The minimum Gasteiger partial charge on any atom is -1.00 e. The predicted molar refractivity (Wildman–Crippen MR) is 25.5 cm³/mol.